The van der Waals surface area contributed by atoms with Gasteiger partial charge in [-0.3, -0.25) is 0 Å². The Morgan fingerprint density at radius 1 is 1.22 bits per heavy atom. The van der Waals surface area contributed by atoms with Crippen molar-refractivity contribution in [1.82, 2.24) is 10.1 Å². The molecule has 0 saturated heterocycles. The summed E-state index contributed by atoms with van der Waals surface area (Å²) in [4.78, 5) is 5.60. The van der Waals surface area contributed by atoms with E-state index >= 15 is 0 Å². The highest BCUT2D eigenvalue weighted by Crippen LogP contribution is 2.24. The fourth-order valence-corrected chi connectivity index (χ4v) is 2.45. The van der Waals surface area contributed by atoms with Gasteiger partial charge in [-0.2, -0.15) is 4.98 Å². The number of thioether (sulfide) groups is 1. The van der Waals surface area contributed by atoms with E-state index in [0.717, 1.165) is 24.4 Å². The summed E-state index contributed by atoms with van der Waals surface area (Å²) in [6.45, 7) is 6.37. The maximum atomic E-state index is 5.21. The molecule has 4 heteroatoms. The second-order valence-corrected chi connectivity index (χ2v) is 5.44. The Kier molecular flexibility index (Phi) is 4.42. The zero-order chi connectivity index (χ0) is 13.0. The Hall–Kier alpha value is -1.29. The maximum absolute atomic E-state index is 5.21. The van der Waals surface area contributed by atoms with Gasteiger partial charge in [0, 0.05) is 11.3 Å². The minimum absolute atomic E-state index is 0.710. The van der Waals surface area contributed by atoms with Gasteiger partial charge in [-0.05, 0) is 43.5 Å². The lowest BCUT2D eigenvalue weighted by Gasteiger charge is -2.03. The molecule has 0 bridgehead atoms. The lowest BCUT2D eigenvalue weighted by molar-refractivity contribution is 0.384. The number of nitrogens with zero attached hydrogens (tertiary/aromatic N) is 2. The third-order valence-corrected chi connectivity index (χ3v) is 3.80. The number of rotatable bonds is 5. The molecule has 0 aliphatic carbocycles. The van der Waals surface area contributed by atoms with Crippen molar-refractivity contribution in [3.8, 4) is 0 Å². The quantitative estimate of drug-likeness (QED) is 0.765. The summed E-state index contributed by atoms with van der Waals surface area (Å²) in [5, 5.41) is 3.95. The van der Waals surface area contributed by atoms with Crippen molar-refractivity contribution in [2.24, 2.45) is 0 Å². The summed E-state index contributed by atoms with van der Waals surface area (Å²) in [5.74, 6) is 2.26. The molecule has 1 aromatic heterocycles. The van der Waals surface area contributed by atoms with Crippen LogP contribution in [0.5, 0.6) is 0 Å². The van der Waals surface area contributed by atoms with Gasteiger partial charge in [0.25, 0.3) is 0 Å². The van der Waals surface area contributed by atoms with E-state index in [0.29, 0.717) is 5.89 Å². The highest BCUT2D eigenvalue weighted by molar-refractivity contribution is 7.98. The van der Waals surface area contributed by atoms with Crippen LogP contribution in [-0.2, 0) is 12.2 Å². The number of benzene rings is 1. The van der Waals surface area contributed by atoms with Crippen LogP contribution in [0, 0.1) is 13.8 Å². The molecule has 96 valence electrons. The van der Waals surface area contributed by atoms with Crippen LogP contribution in [0.25, 0.3) is 0 Å². The molecule has 0 amide bonds. The molecule has 18 heavy (non-hydrogen) atoms. The molecule has 0 aliphatic rings. The second kappa shape index (κ2) is 6.05. The summed E-state index contributed by atoms with van der Waals surface area (Å²) in [6, 6.07) is 6.48. The predicted molar refractivity (Wildman–Crippen MR) is 73.8 cm³/mol. The number of hydrogen-bond acceptors (Lipinski definition) is 4. The van der Waals surface area contributed by atoms with Gasteiger partial charge in [0.2, 0.25) is 5.89 Å². The first-order chi connectivity index (χ1) is 8.69. The van der Waals surface area contributed by atoms with E-state index in [1.54, 1.807) is 11.8 Å². The van der Waals surface area contributed by atoms with Crippen molar-refractivity contribution >= 4 is 11.8 Å². The molecule has 2 rings (SSSR count). The first kappa shape index (κ1) is 13.1. The Labute approximate surface area is 112 Å². The Bertz CT molecular complexity index is 522. The van der Waals surface area contributed by atoms with Crippen LogP contribution < -0.4 is 0 Å². The highest BCUT2D eigenvalue weighted by Gasteiger charge is 2.06. The lowest BCUT2D eigenvalue weighted by Crippen LogP contribution is -1.87. The molecule has 0 radical (unpaired) electrons. The maximum Gasteiger partial charge on any atom is 0.237 e. The summed E-state index contributed by atoms with van der Waals surface area (Å²) in [5.41, 5.74) is 2.64. The Morgan fingerprint density at radius 3 is 2.78 bits per heavy atom. The molecule has 1 heterocycles. The standard InChI is InChI=1S/C14H18N2OS/c1-4-5-13-15-14(17-16-13)9-18-12-7-6-10(2)11(3)8-12/h6-8H,4-5,9H2,1-3H3. The molecule has 0 N–H and O–H groups in total. The fourth-order valence-electron chi connectivity index (χ4n) is 1.62. The average molecular weight is 262 g/mol. The Balaban J connectivity index is 1.95. The van der Waals surface area contributed by atoms with Gasteiger partial charge < -0.3 is 4.52 Å². The van der Waals surface area contributed by atoms with Gasteiger partial charge in [-0.15, -0.1) is 11.8 Å². The second-order valence-electron chi connectivity index (χ2n) is 4.39. The van der Waals surface area contributed by atoms with Crippen molar-refractivity contribution in [3.05, 3.63) is 41.0 Å². The molecule has 1 aromatic carbocycles. The Morgan fingerprint density at radius 2 is 2.06 bits per heavy atom. The minimum Gasteiger partial charge on any atom is -0.338 e. The monoisotopic (exact) mass is 262 g/mol. The first-order valence-electron chi connectivity index (χ1n) is 6.20. The largest absolute Gasteiger partial charge is 0.338 e. The summed E-state index contributed by atoms with van der Waals surface area (Å²) < 4.78 is 5.21. The summed E-state index contributed by atoms with van der Waals surface area (Å²) >= 11 is 1.73. The van der Waals surface area contributed by atoms with E-state index in [1.807, 2.05) is 0 Å². The van der Waals surface area contributed by atoms with E-state index in [2.05, 4.69) is 49.1 Å². The van der Waals surface area contributed by atoms with Gasteiger partial charge >= 0.3 is 0 Å². The first-order valence-corrected chi connectivity index (χ1v) is 7.19. The third-order valence-electron chi connectivity index (χ3n) is 2.82. The van der Waals surface area contributed by atoms with E-state index in [1.165, 1.54) is 16.0 Å². The lowest BCUT2D eigenvalue weighted by atomic mass is 10.1. The smallest absolute Gasteiger partial charge is 0.237 e. The molecule has 3 nitrogen and oxygen atoms in total. The van der Waals surface area contributed by atoms with E-state index in [9.17, 15) is 0 Å². The van der Waals surface area contributed by atoms with Crippen LogP contribution in [0.3, 0.4) is 0 Å². The van der Waals surface area contributed by atoms with Crippen molar-refractivity contribution < 1.29 is 4.52 Å². The highest BCUT2D eigenvalue weighted by atomic mass is 32.2. The van der Waals surface area contributed by atoms with E-state index in [4.69, 9.17) is 4.52 Å². The molecule has 0 aliphatic heterocycles. The molecular formula is C14H18N2OS. The number of hydrogen-bond donors (Lipinski definition) is 0. The van der Waals surface area contributed by atoms with Gasteiger partial charge in [0.1, 0.15) is 0 Å². The molecule has 0 fully saturated rings. The van der Waals surface area contributed by atoms with Crippen LogP contribution in [0.15, 0.2) is 27.6 Å². The van der Waals surface area contributed by atoms with Crippen molar-refractivity contribution in [1.29, 1.82) is 0 Å². The van der Waals surface area contributed by atoms with Crippen LogP contribution in [0.4, 0.5) is 0 Å². The van der Waals surface area contributed by atoms with E-state index < -0.39 is 0 Å². The van der Waals surface area contributed by atoms with Gasteiger partial charge in [0.05, 0.1) is 5.75 Å². The van der Waals surface area contributed by atoms with Crippen molar-refractivity contribution in [2.45, 2.75) is 44.3 Å². The number of aryl methyl sites for hydroxylation is 3. The van der Waals surface area contributed by atoms with Gasteiger partial charge in [0.15, 0.2) is 5.82 Å². The van der Waals surface area contributed by atoms with Crippen molar-refractivity contribution in [3.63, 3.8) is 0 Å². The summed E-state index contributed by atoms with van der Waals surface area (Å²) in [6.07, 6.45) is 1.93. The third kappa shape index (κ3) is 3.35. The topological polar surface area (TPSA) is 38.9 Å². The van der Waals surface area contributed by atoms with Crippen LogP contribution >= 0.6 is 11.8 Å². The van der Waals surface area contributed by atoms with Gasteiger partial charge in [-0.1, -0.05) is 18.1 Å². The fraction of sp³-hybridized carbons (Fsp3) is 0.429. The zero-order valence-electron chi connectivity index (χ0n) is 11.1. The van der Waals surface area contributed by atoms with Gasteiger partial charge in [-0.25, -0.2) is 0 Å². The molecule has 0 saturated carbocycles. The van der Waals surface area contributed by atoms with Crippen LogP contribution in [0.2, 0.25) is 0 Å². The SMILES string of the molecule is CCCc1noc(CSc2ccc(C)c(C)c2)n1. The molecule has 0 spiro atoms. The predicted octanol–water partition coefficient (Wildman–Crippen LogP) is 3.93. The van der Waals surface area contributed by atoms with Crippen LogP contribution in [0.1, 0.15) is 36.2 Å². The molecular weight excluding hydrogens is 244 g/mol. The molecule has 0 unspecified atom stereocenters. The minimum atomic E-state index is 0.710. The van der Waals surface area contributed by atoms with E-state index in [-0.39, 0.29) is 0 Å². The average Bonchev–Trinajstić information content (AvgIpc) is 2.79. The van der Waals surface area contributed by atoms with Crippen molar-refractivity contribution in [2.75, 3.05) is 0 Å². The number of aromatic nitrogens is 2. The zero-order valence-corrected chi connectivity index (χ0v) is 11.9. The summed E-state index contributed by atoms with van der Waals surface area (Å²) in [7, 11) is 0. The van der Waals surface area contributed by atoms with Crippen LogP contribution in [-0.4, -0.2) is 10.1 Å². The normalized spacial score (nSPS) is 10.8. The molecule has 2 aromatic rings. The molecule has 0 atom stereocenters.